The number of hydrogen-bond donors (Lipinski definition) is 1. The number of nitrogens with zero attached hydrogens (tertiary/aromatic N) is 3. The van der Waals surface area contributed by atoms with Gasteiger partial charge in [0.2, 0.25) is 5.88 Å². The van der Waals surface area contributed by atoms with E-state index in [0.717, 1.165) is 17.9 Å². The zero-order valence-electron chi connectivity index (χ0n) is 11.2. The van der Waals surface area contributed by atoms with Crippen molar-refractivity contribution in [2.75, 3.05) is 19.1 Å². The minimum atomic E-state index is 0.517. The Morgan fingerprint density at radius 1 is 1.16 bits per heavy atom. The minimum absolute atomic E-state index is 0.517. The van der Waals surface area contributed by atoms with Crippen LogP contribution in [0.3, 0.4) is 0 Å². The lowest BCUT2D eigenvalue weighted by atomic mass is 10.1. The third-order valence-corrected chi connectivity index (χ3v) is 2.88. The fourth-order valence-corrected chi connectivity index (χ4v) is 1.76. The van der Waals surface area contributed by atoms with Crippen molar-refractivity contribution in [3.63, 3.8) is 0 Å². The molecule has 0 saturated heterocycles. The SMILES string of the molecule is COc1cncc(N(C)Cc2ccc(CN)cc2)n1. The zero-order chi connectivity index (χ0) is 13.7. The van der Waals surface area contributed by atoms with E-state index in [1.807, 2.05) is 24.1 Å². The van der Waals surface area contributed by atoms with E-state index in [0.29, 0.717) is 12.4 Å². The Labute approximate surface area is 113 Å². The van der Waals surface area contributed by atoms with Crippen molar-refractivity contribution in [3.8, 4) is 5.88 Å². The number of benzene rings is 1. The van der Waals surface area contributed by atoms with Gasteiger partial charge in [0.05, 0.1) is 19.5 Å². The van der Waals surface area contributed by atoms with Crippen LogP contribution in [0.15, 0.2) is 36.7 Å². The molecule has 5 heteroatoms. The predicted octanol–water partition coefficient (Wildman–Crippen LogP) is 1.58. The standard InChI is InChI=1S/C14H18N4O/c1-18(13-8-16-9-14(17-13)19-2)10-12-5-3-11(7-15)4-6-12/h3-6,8-9H,7,10,15H2,1-2H3. The number of rotatable bonds is 5. The second kappa shape index (κ2) is 6.15. The average Bonchev–Trinajstić information content (AvgIpc) is 2.48. The van der Waals surface area contributed by atoms with E-state index in [4.69, 9.17) is 10.5 Å². The van der Waals surface area contributed by atoms with Crippen LogP contribution in [0.2, 0.25) is 0 Å². The van der Waals surface area contributed by atoms with Crippen molar-refractivity contribution in [1.29, 1.82) is 0 Å². The van der Waals surface area contributed by atoms with Crippen LogP contribution in [0, 0.1) is 0 Å². The first-order valence-electron chi connectivity index (χ1n) is 6.08. The lowest BCUT2D eigenvalue weighted by molar-refractivity contribution is 0.395. The summed E-state index contributed by atoms with van der Waals surface area (Å²) in [7, 11) is 3.56. The quantitative estimate of drug-likeness (QED) is 0.882. The van der Waals surface area contributed by atoms with E-state index in [2.05, 4.69) is 22.1 Å². The van der Waals surface area contributed by atoms with Gasteiger partial charge in [0.1, 0.15) is 0 Å². The lowest BCUT2D eigenvalue weighted by Gasteiger charge is -2.18. The molecule has 0 radical (unpaired) electrons. The fourth-order valence-electron chi connectivity index (χ4n) is 1.76. The van der Waals surface area contributed by atoms with E-state index < -0.39 is 0 Å². The topological polar surface area (TPSA) is 64.3 Å². The molecule has 19 heavy (non-hydrogen) atoms. The number of nitrogens with two attached hydrogens (primary N) is 1. The van der Waals surface area contributed by atoms with Crippen LogP contribution in [-0.4, -0.2) is 24.1 Å². The first-order chi connectivity index (χ1) is 9.22. The summed E-state index contributed by atoms with van der Waals surface area (Å²) >= 11 is 0. The molecule has 1 aromatic carbocycles. The third kappa shape index (κ3) is 3.42. The molecule has 0 amide bonds. The largest absolute Gasteiger partial charge is 0.480 e. The number of aromatic nitrogens is 2. The molecule has 0 atom stereocenters. The van der Waals surface area contributed by atoms with Gasteiger partial charge in [0.25, 0.3) is 0 Å². The van der Waals surface area contributed by atoms with Gasteiger partial charge in [-0.2, -0.15) is 4.98 Å². The molecule has 0 unspecified atom stereocenters. The smallest absolute Gasteiger partial charge is 0.233 e. The maximum absolute atomic E-state index is 5.58. The van der Waals surface area contributed by atoms with Crippen LogP contribution < -0.4 is 15.4 Å². The van der Waals surface area contributed by atoms with Crippen LogP contribution in [-0.2, 0) is 13.1 Å². The third-order valence-electron chi connectivity index (χ3n) is 2.88. The number of ether oxygens (including phenoxy) is 1. The summed E-state index contributed by atoms with van der Waals surface area (Å²) in [6, 6.07) is 8.24. The summed E-state index contributed by atoms with van der Waals surface area (Å²) in [4.78, 5) is 10.5. The predicted molar refractivity (Wildman–Crippen MR) is 75.0 cm³/mol. The minimum Gasteiger partial charge on any atom is -0.480 e. The zero-order valence-corrected chi connectivity index (χ0v) is 11.2. The van der Waals surface area contributed by atoms with Crippen molar-refractivity contribution in [3.05, 3.63) is 47.8 Å². The molecule has 2 aromatic rings. The van der Waals surface area contributed by atoms with Crippen LogP contribution in [0.4, 0.5) is 5.82 Å². The molecule has 0 aliphatic carbocycles. The van der Waals surface area contributed by atoms with Gasteiger partial charge in [-0.3, -0.25) is 4.98 Å². The van der Waals surface area contributed by atoms with Gasteiger partial charge >= 0.3 is 0 Å². The number of methoxy groups -OCH3 is 1. The van der Waals surface area contributed by atoms with E-state index in [9.17, 15) is 0 Å². The second-order valence-electron chi connectivity index (χ2n) is 4.30. The Morgan fingerprint density at radius 2 is 1.84 bits per heavy atom. The Kier molecular flexibility index (Phi) is 4.30. The summed E-state index contributed by atoms with van der Waals surface area (Å²) in [6.07, 6.45) is 3.31. The van der Waals surface area contributed by atoms with Gasteiger partial charge in [-0.05, 0) is 11.1 Å². The Morgan fingerprint density at radius 3 is 2.47 bits per heavy atom. The molecule has 0 aliphatic rings. The van der Waals surface area contributed by atoms with Crippen LogP contribution in [0.1, 0.15) is 11.1 Å². The van der Waals surface area contributed by atoms with Gasteiger partial charge < -0.3 is 15.4 Å². The van der Waals surface area contributed by atoms with Crippen LogP contribution in [0.25, 0.3) is 0 Å². The first-order valence-corrected chi connectivity index (χ1v) is 6.08. The molecule has 1 heterocycles. The highest BCUT2D eigenvalue weighted by Gasteiger charge is 2.05. The van der Waals surface area contributed by atoms with Gasteiger partial charge in [-0.1, -0.05) is 24.3 Å². The van der Waals surface area contributed by atoms with Crippen molar-refractivity contribution < 1.29 is 4.74 Å². The first kappa shape index (κ1) is 13.3. The monoisotopic (exact) mass is 258 g/mol. The molecule has 100 valence electrons. The van der Waals surface area contributed by atoms with Gasteiger partial charge in [-0.25, -0.2) is 0 Å². The number of anilines is 1. The van der Waals surface area contributed by atoms with Crippen molar-refractivity contribution in [2.45, 2.75) is 13.1 Å². The van der Waals surface area contributed by atoms with Crippen LogP contribution >= 0.6 is 0 Å². The van der Waals surface area contributed by atoms with Gasteiger partial charge in [0, 0.05) is 20.1 Å². The molecule has 2 N–H and O–H groups in total. The normalized spacial score (nSPS) is 10.3. The number of hydrogen-bond acceptors (Lipinski definition) is 5. The summed E-state index contributed by atoms with van der Waals surface area (Å²) in [5, 5.41) is 0. The molecule has 0 bridgehead atoms. The summed E-state index contributed by atoms with van der Waals surface area (Å²) in [6.45, 7) is 1.32. The maximum Gasteiger partial charge on any atom is 0.233 e. The summed E-state index contributed by atoms with van der Waals surface area (Å²) < 4.78 is 5.07. The molecule has 0 aliphatic heterocycles. The highest BCUT2D eigenvalue weighted by molar-refractivity contribution is 5.38. The highest BCUT2D eigenvalue weighted by atomic mass is 16.5. The molecule has 0 spiro atoms. The average molecular weight is 258 g/mol. The molecule has 1 aromatic heterocycles. The molecule has 0 fully saturated rings. The van der Waals surface area contributed by atoms with E-state index in [1.165, 1.54) is 5.56 Å². The van der Waals surface area contributed by atoms with Gasteiger partial charge in [0.15, 0.2) is 5.82 Å². The van der Waals surface area contributed by atoms with Gasteiger partial charge in [-0.15, -0.1) is 0 Å². The fraction of sp³-hybridized carbons (Fsp3) is 0.286. The Balaban J connectivity index is 2.08. The Bertz CT molecular complexity index is 527. The summed E-state index contributed by atoms with van der Waals surface area (Å²) in [5.74, 6) is 1.30. The van der Waals surface area contributed by atoms with Crippen molar-refractivity contribution in [2.24, 2.45) is 5.73 Å². The van der Waals surface area contributed by atoms with E-state index in [-0.39, 0.29) is 0 Å². The highest BCUT2D eigenvalue weighted by Crippen LogP contribution is 2.15. The molecule has 2 rings (SSSR count). The van der Waals surface area contributed by atoms with Crippen molar-refractivity contribution >= 4 is 5.82 Å². The van der Waals surface area contributed by atoms with E-state index in [1.54, 1.807) is 19.5 Å². The maximum atomic E-state index is 5.58. The van der Waals surface area contributed by atoms with E-state index >= 15 is 0 Å². The molecule has 0 saturated carbocycles. The summed E-state index contributed by atoms with van der Waals surface area (Å²) in [5.41, 5.74) is 7.91. The lowest BCUT2D eigenvalue weighted by Crippen LogP contribution is -2.18. The molecule has 5 nitrogen and oxygen atoms in total. The van der Waals surface area contributed by atoms with Crippen LogP contribution in [0.5, 0.6) is 5.88 Å². The van der Waals surface area contributed by atoms with Crippen molar-refractivity contribution in [1.82, 2.24) is 9.97 Å². The Hall–Kier alpha value is -2.14. The second-order valence-corrected chi connectivity index (χ2v) is 4.30. The molecular weight excluding hydrogens is 240 g/mol. The molecular formula is C14H18N4O.